The van der Waals surface area contributed by atoms with E-state index in [4.69, 9.17) is 9.26 Å². The van der Waals surface area contributed by atoms with Crippen molar-refractivity contribution in [2.45, 2.75) is 6.54 Å². The second-order valence-corrected chi connectivity index (χ2v) is 5.11. The molecule has 0 atom stereocenters. The highest BCUT2D eigenvalue weighted by molar-refractivity contribution is 5.97. The third-order valence-electron chi connectivity index (χ3n) is 3.60. The van der Waals surface area contributed by atoms with E-state index in [1.54, 1.807) is 4.90 Å². The van der Waals surface area contributed by atoms with Gasteiger partial charge in [0.2, 0.25) is 11.7 Å². The van der Waals surface area contributed by atoms with Crippen LogP contribution >= 0.6 is 0 Å². The van der Waals surface area contributed by atoms with E-state index in [2.05, 4.69) is 10.1 Å². The van der Waals surface area contributed by atoms with Crippen molar-refractivity contribution in [1.82, 2.24) is 10.1 Å². The normalized spacial score (nSPS) is 13.6. The van der Waals surface area contributed by atoms with Crippen LogP contribution in [0.1, 0.15) is 5.89 Å². The summed E-state index contributed by atoms with van der Waals surface area (Å²) in [6, 6.07) is 16.9. The number of ether oxygens (including phenoxy) is 1. The molecule has 6 heteroatoms. The summed E-state index contributed by atoms with van der Waals surface area (Å²) in [5.74, 6) is 1.43. The Hall–Kier alpha value is -3.15. The first kappa shape index (κ1) is 13.5. The van der Waals surface area contributed by atoms with E-state index in [9.17, 15) is 4.79 Å². The van der Waals surface area contributed by atoms with Crippen LogP contribution in [0.5, 0.6) is 5.75 Å². The van der Waals surface area contributed by atoms with Gasteiger partial charge in [-0.1, -0.05) is 47.6 Å². The number of anilines is 1. The summed E-state index contributed by atoms with van der Waals surface area (Å²) >= 11 is 0. The highest BCUT2D eigenvalue weighted by Crippen LogP contribution is 2.32. The third-order valence-corrected chi connectivity index (χ3v) is 3.60. The molecule has 3 aromatic rings. The SMILES string of the molecule is O=C1COc2ccccc2N1Cc1nc(-c2ccccc2)no1. The molecule has 0 unspecified atom stereocenters. The Balaban J connectivity index is 1.61. The number of amides is 1. The predicted octanol–water partition coefficient (Wildman–Crippen LogP) is 2.66. The zero-order valence-electron chi connectivity index (χ0n) is 12.2. The average molecular weight is 307 g/mol. The van der Waals surface area contributed by atoms with Gasteiger partial charge in [0, 0.05) is 5.56 Å². The zero-order chi connectivity index (χ0) is 15.6. The zero-order valence-corrected chi connectivity index (χ0v) is 12.2. The lowest BCUT2D eigenvalue weighted by Gasteiger charge is -2.27. The van der Waals surface area contributed by atoms with E-state index in [1.807, 2.05) is 54.6 Å². The Morgan fingerprint density at radius 2 is 1.83 bits per heavy atom. The summed E-state index contributed by atoms with van der Waals surface area (Å²) in [6.07, 6.45) is 0. The molecular formula is C17H13N3O3. The van der Waals surface area contributed by atoms with Crippen LogP contribution in [0.4, 0.5) is 5.69 Å². The minimum Gasteiger partial charge on any atom is -0.482 e. The van der Waals surface area contributed by atoms with Crippen LogP contribution < -0.4 is 9.64 Å². The highest BCUT2D eigenvalue weighted by atomic mass is 16.5. The molecule has 0 spiro atoms. The fourth-order valence-corrected chi connectivity index (χ4v) is 2.49. The molecule has 0 radical (unpaired) electrons. The first-order valence-corrected chi connectivity index (χ1v) is 7.21. The van der Waals surface area contributed by atoms with Gasteiger partial charge in [0.25, 0.3) is 5.91 Å². The van der Waals surface area contributed by atoms with Crippen LogP contribution in [0.2, 0.25) is 0 Å². The number of rotatable bonds is 3. The number of benzene rings is 2. The second kappa shape index (κ2) is 5.57. The predicted molar refractivity (Wildman–Crippen MR) is 82.9 cm³/mol. The molecule has 1 amide bonds. The quantitative estimate of drug-likeness (QED) is 0.744. The van der Waals surface area contributed by atoms with E-state index in [0.29, 0.717) is 23.2 Å². The van der Waals surface area contributed by atoms with Gasteiger partial charge in [-0.25, -0.2) is 0 Å². The third kappa shape index (κ3) is 2.55. The second-order valence-electron chi connectivity index (χ2n) is 5.11. The van der Waals surface area contributed by atoms with Crippen molar-refractivity contribution < 1.29 is 14.1 Å². The molecule has 0 saturated heterocycles. The molecule has 0 saturated carbocycles. The first-order valence-electron chi connectivity index (χ1n) is 7.21. The van der Waals surface area contributed by atoms with Crippen molar-refractivity contribution in [3.8, 4) is 17.1 Å². The van der Waals surface area contributed by atoms with Crippen LogP contribution in [0.3, 0.4) is 0 Å². The maximum Gasteiger partial charge on any atom is 0.265 e. The lowest BCUT2D eigenvalue weighted by Crippen LogP contribution is -2.38. The molecule has 0 fully saturated rings. The minimum absolute atomic E-state index is 0.0106. The lowest BCUT2D eigenvalue weighted by molar-refractivity contribution is -0.121. The Labute approximate surface area is 132 Å². The summed E-state index contributed by atoms with van der Waals surface area (Å²) in [6.45, 7) is 0.232. The highest BCUT2D eigenvalue weighted by Gasteiger charge is 2.27. The number of carbonyl (C=O) groups is 1. The largest absolute Gasteiger partial charge is 0.482 e. The van der Waals surface area contributed by atoms with Crippen LogP contribution in [0.25, 0.3) is 11.4 Å². The average Bonchev–Trinajstić information content (AvgIpc) is 3.07. The number of hydrogen-bond donors (Lipinski definition) is 0. The molecule has 6 nitrogen and oxygen atoms in total. The number of para-hydroxylation sites is 2. The summed E-state index contributed by atoms with van der Waals surface area (Å²) in [5.41, 5.74) is 1.58. The number of fused-ring (bicyclic) bond motifs is 1. The maximum absolute atomic E-state index is 12.1. The number of nitrogens with zero attached hydrogens (tertiary/aromatic N) is 3. The van der Waals surface area contributed by atoms with Gasteiger partial charge < -0.3 is 9.26 Å². The molecular weight excluding hydrogens is 294 g/mol. The van der Waals surface area contributed by atoms with Crippen molar-refractivity contribution >= 4 is 11.6 Å². The van der Waals surface area contributed by atoms with Crippen molar-refractivity contribution in [2.75, 3.05) is 11.5 Å². The maximum atomic E-state index is 12.1. The van der Waals surface area contributed by atoms with E-state index >= 15 is 0 Å². The van der Waals surface area contributed by atoms with Crippen molar-refractivity contribution in [2.24, 2.45) is 0 Å². The molecule has 1 aliphatic rings. The molecule has 2 aromatic carbocycles. The molecule has 0 bridgehead atoms. The van der Waals surface area contributed by atoms with Crippen LogP contribution in [0, 0.1) is 0 Å². The smallest absolute Gasteiger partial charge is 0.265 e. The van der Waals surface area contributed by atoms with Crippen LogP contribution in [-0.2, 0) is 11.3 Å². The molecule has 1 aliphatic heterocycles. The fraction of sp³-hybridized carbons (Fsp3) is 0.118. The summed E-state index contributed by atoms with van der Waals surface area (Å²) < 4.78 is 10.7. The summed E-state index contributed by atoms with van der Waals surface area (Å²) in [4.78, 5) is 18.1. The Morgan fingerprint density at radius 1 is 1.04 bits per heavy atom. The molecule has 0 N–H and O–H groups in total. The first-order chi connectivity index (χ1) is 11.3. The van der Waals surface area contributed by atoms with Crippen molar-refractivity contribution in [1.29, 1.82) is 0 Å². The van der Waals surface area contributed by atoms with Crippen LogP contribution in [0.15, 0.2) is 59.1 Å². The van der Waals surface area contributed by atoms with Gasteiger partial charge in [-0.2, -0.15) is 4.98 Å². The molecule has 1 aromatic heterocycles. The number of aromatic nitrogens is 2. The minimum atomic E-state index is -0.136. The molecule has 114 valence electrons. The van der Waals surface area contributed by atoms with Gasteiger partial charge in [0.05, 0.1) is 5.69 Å². The monoisotopic (exact) mass is 307 g/mol. The van der Waals surface area contributed by atoms with Gasteiger partial charge in [0.1, 0.15) is 12.3 Å². The van der Waals surface area contributed by atoms with Gasteiger partial charge >= 0.3 is 0 Å². The summed E-state index contributed by atoms with van der Waals surface area (Å²) in [7, 11) is 0. The lowest BCUT2D eigenvalue weighted by atomic mass is 10.2. The standard InChI is InChI=1S/C17H13N3O3/c21-16-11-22-14-9-5-4-8-13(14)20(16)10-15-18-17(19-23-15)12-6-2-1-3-7-12/h1-9H,10-11H2. The van der Waals surface area contributed by atoms with Gasteiger partial charge in [-0.3, -0.25) is 9.69 Å². The van der Waals surface area contributed by atoms with Crippen LogP contribution in [-0.4, -0.2) is 22.7 Å². The van der Waals surface area contributed by atoms with Gasteiger partial charge in [-0.05, 0) is 12.1 Å². The Morgan fingerprint density at radius 3 is 2.70 bits per heavy atom. The van der Waals surface area contributed by atoms with E-state index < -0.39 is 0 Å². The van der Waals surface area contributed by atoms with E-state index in [-0.39, 0.29) is 19.1 Å². The topological polar surface area (TPSA) is 68.5 Å². The molecule has 23 heavy (non-hydrogen) atoms. The van der Waals surface area contributed by atoms with Crippen molar-refractivity contribution in [3.05, 3.63) is 60.5 Å². The van der Waals surface area contributed by atoms with E-state index in [1.165, 1.54) is 0 Å². The Bertz CT molecular complexity index is 845. The fourth-order valence-electron chi connectivity index (χ4n) is 2.49. The number of hydrogen-bond acceptors (Lipinski definition) is 5. The van der Waals surface area contributed by atoms with Gasteiger partial charge in [0.15, 0.2) is 6.61 Å². The van der Waals surface area contributed by atoms with E-state index in [0.717, 1.165) is 5.56 Å². The summed E-state index contributed by atoms with van der Waals surface area (Å²) in [5, 5.41) is 3.98. The van der Waals surface area contributed by atoms with Crippen molar-refractivity contribution in [3.63, 3.8) is 0 Å². The Kier molecular flexibility index (Phi) is 3.27. The molecule has 2 heterocycles. The molecule has 4 rings (SSSR count). The molecule has 0 aliphatic carbocycles. The number of carbonyl (C=O) groups excluding carboxylic acids is 1. The van der Waals surface area contributed by atoms with Gasteiger partial charge in [-0.15, -0.1) is 0 Å².